The van der Waals surface area contributed by atoms with Crippen LogP contribution in [0.3, 0.4) is 0 Å². The second-order valence-electron chi connectivity index (χ2n) is 5.90. The first-order valence-corrected chi connectivity index (χ1v) is 7.85. The molecule has 8 nitrogen and oxygen atoms in total. The first kappa shape index (κ1) is 16.9. The Labute approximate surface area is 142 Å². The monoisotopic (exact) mass is 348 g/mol. The molecule has 9 heteroatoms. The van der Waals surface area contributed by atoms with Gasteiger partial charge in [0.05, 0.1) is 0 Å². The second-order valence-corrected chi connectivity index (χ2v) is 5.90. The maximum absolute atomic E-state index is 12.9. The molecule has 132 valence electrons. The van der Waals surface area contributed by atoms with Crippen LogP contribution in [0.5, 0.6) is 0 Å². The Morgan fingerprint density at radius 1 is 1.24 bits per heavy atom. The summed E-state index contributed by atoms with van der Waals surface area (Å²) in [6.45, 7) is 0.554. The zero-order valence-electron chi connectivity index (χ0n) is 13.4. The van der Waals surface area contributed by atoms with Crippen molar-refractivity contribution in [1.29, 1.82) is 0 Å². The SMILES string of the molecule is NC(=O)C1CCN(C(=O)Cn2nc(-c3ccc(F)cc3)oc2=O)CC1. The van der Waals surface area contributed by atoms with Crippen molar-refractivity contribution in [1.82, 2.24) is 14.7 Å². The predicted molar refractivity (Wildman–Crippen MR) is 84.7 cm³/mol. The van der Waals surface area contributed by atoms with Gasteiger partial charge in [0.2, 0.25) is 17.7 Å². The molecule has 0 unspecified atom stereocenters. The molecule has 2 N–H and O–H groups in total. The Morgan fingerprint density at radius 3 is 2.48 bits per heavy atom. The average Bonchev–Trinajstić information content (AvgIpc) is 2.96. The lowest BCUT2D eigenvalue weighted by Gasteiger charge is -2.30. The minimum atomic E-state index is -0.764. The van der Waals surface area contributed by atoms with Crippen molar-refractivity contribution in [3.8, 4) is 11.5 Å². The normalized spacial score (nSPS) is 15.3. The third kappa shape index (κ3) is 3.76. The summed E-state index contributed by atoms with van der Waals surface area (Å²) in [4.78, 5) is 36.9. The number of benzene rings is 1. The lowest BCUT2D eigenvalue weighted by Crippen LogP contribution is -2.43. The zero-order valence-corrected chi connectivity index (χ0v) is 13.4. The number of primary amides is 1. The van der Waals surface area contributed by atoms with Gasteiger partial charge in [-0.1, -0.05) is 0 Å². The summed E-state index contributed by atoms with van der Waals surface area (Å²) in [5.74, 6) is -2.03. The van der Waals surface area contributed by atoms with E-state index in [4.69, 9.17) is 10.2 Å². The number of halogens is 1. The molecule has 3 rings (SSSR count). The molecule has 1 aliphatic rings. The molecule has 2 heterocycles. The first-order chi connectivity index (χ1) is 11.9. The molecule has 2 amide bonds. The molecule has 0 spiro atoms. The van der Waals surface area contributed by atoms with E-state index < -0.39 is 11.6 Å². The highest BCUT2D eigenvalue weighted by atomic mass is 19.1. The van der Waals surface area contributed by atoms with Crippen molar-refractivity contribution < 1.29 is 18.4 Å². The fourth-order valence-electron chi connectivity index (χ4n) is 2.76. The van der Waals surface area contributed by atoms with Crippen LogP contribution >= 0.6 is 0 Å². The van der Waals surface area contributed by atoms with Gasteiger partial charge in [0.15, 0.2) is 0 Å². The van der Waals surface area contributed by atoms with E-state index in [1.807, 2.05) is 0 Å². The van der Waals surface area contributed by atoms with Crippen LogP contribution in [-0.2, 0) is 16.1 Å². The predicted octanol–water partition coefficient (Wildman–Crippen LogP) is 0.366. The summed E-state index contributed by atoms with van der Waals surface area (Å²) in [7, 11) is 0. The smallest absolute Gasteiger partial charge is 0.388 e. The van der Waals surface area contributed by atoms with Crippen LogP contribution in [-0.4, -0.2) is 39.6 Å². The van der Waals surface area contributed by atoms with Crippen LogP contribution in [0.4, 0.5) is 4.39 Å². The van der Waals surface area contributed by atoms with Gasteiger partial charge in [-0.2, -0.15) is 4.68 Å². The number of nitrogens with two attached hydrogens (primary N) is 1. The van der Waals surface area contributed by atoms with Crippen molar-refractivity contribution in [2.24, 2.45) is 11.7 Å². The number of carbonyl (C=O) groups is 2. The van der Waals surface area contributed by atoms with Crippen LogP contribution in [0.2, 0.25) is 0 Å². The Bertz CT molecular complexity index is 835. The van der Waals surface area contributed by atoms with Gasteiger partial charge < -0.3 is 15.1 Å². The zero-order chi connectivity index (χ0) is 18.0. The lowest BCUT2D eigenvalue weighted by atomic mass is 9.96. The van der Waals surface area contributed by atoms with Gasteiger partial charge in [-0.05, 0) is 37.1 Å². The number of hydrogen-bond donors (Lipinski definition) is 1. The van der Waals surface area contributed by atoms with E-state index >= 15 is 0 Å². The topological polar surface area (TPSA) is 111 Å². The highest BCUT2D eigenvalue weighted by Gasteiger charge is 2.26. The Kier molecular flexibility index (Phi) is 4.64. The standard InChI is InChI=1S/C16H17FN4O4/c17-12-3-1-11(2-4-12)15-19-21(16(24)25-15)9-13(22)20-7-5-10(6-8-20)14(18)23/h1-4,10H,5-9H2,(H2,18,23). The summed E-state index contributed by atoms with van der Waals surface area (Å²) in [6, 6.07) is 5.31. The number of carbonyl (C=O) groups excluding carboxylic acids is 2. The molecule has 2 aromatic rings. The van der Waals surface area contributed by atoms with Crippen molar-refractivity contribution in [2.75, 3.05) is 13.1 Å². The van der Waals surface area contributed by atoms with Crippen molar-refractivity contribution >= 4 is 11.8 Å². The Balaban J connectivity index is 1.67. The highest BCUT2D eigenvalue weighted by molar-refractivity contribution is 5.78. The highest BCUT2D eigenvalue weighted by Crippen LogP contribution is 2.18. The maximum Gasteiger partial charge on any atom is 0.437 e. The van der Waals surface area contributed by atoms with Gasteiger partial charge in [-0.25, -0.2) is 9.18 Å². The van der Waals surface area contributed by atoms with E-state index in [-0.39, 0.29) is 30.2 Å². The minimum Gasteiger partial charge on any atom is -0.388 e. The largest absolute Gasteiger partial charge is 0.437 e. The molecule has 1 aromatic heterocycles. The second kappa shape index (κ2) is 6.88. The fourth-order valence-corrected chi connectivity index (χ4v) is 2.76. The van der Waals surface area contributed by atoms with Crippen LogP contribution in [0.1, 0.15) is 12.8 Å². The van der Waals surface area contributed by atoms with Gasteiger partial charge >= 0.3 is 5.76 Å². The van der Waals surface area contributed by atoms with Crippen molar-refractivity contribution in [3.63, 3.8) is 0 Å². The summed E-state index contributed by atoms with van der Waals surface area (Å²) in [5, 5.41) is 3.98. The molecule has 0 radical (unpaired) electrons. The van der Waals surface area contributed by atoms with Crippen molar-refractivity contribution in [2.45, 2.75) is 19.4 Å². The van der Waals surface area contributed by atoms with E-state index in [1.165, 1.54) is 24.3 Å². The van der Waals surface area contributed by atoms with E-state index in [1.54, 1.807) is 4.90 Å². The number of amides is 2. The van der Waals surface area contributed by atoms with Crippen LogP contribution in [0, 0.1) is 11.7 Å². The van der Waals surface area contributed by atoms with Crippen LogP contribution in [0.25, 0.3) is 11.5 Å². The first-order valence-electron chi connectivity index (χ1n) is 7.85. The quantitative estimate of drug-likeness (QED) is 0.858. The number of nitrogens with zero attached hydrogens (tertiary/aromatic N) is 3. The third-order valence-corrected chi connectivity index (χ3v) is 4.23. The Morgan fingerprint density at radius 2 is 1.88 bits per heavy atom. The van der Waals surface area contributed by atoms with E-state index in [0.717, 1.165) is 4.68 Å². The number of likely N-dealkylation sites (tertiary alicyclic amines) is 1. The molecular formula is C16H17FN4O4. The van der Waals surface area contributed by atoms with E-state index in [9.17, 15) is 18.8 Å². The lowest BCUT2D eigenvalue weighted by molar-refractivity contribution is -0.135. The van der Waals surface area contributed by atoms with Gasteiger partial charge in [0.1, 0.15) is 12.4 Å². The summed E-state index contributed by atoms with van der Waals surface area (Å²) in [6.07, 6.45) is 1.02. The van der Waals surface area contributed by atoms with Gasteiger partial charge in [0, 0.05) is 24.6 Å². The van der Waals surface area contributed by atoms with Gasteiger partial charge in [-0.3, -0.25) is 9.59 Å². The number of hydrogen-bond acceptors (Lipinski definition) is 5. The molecule has 0 aliphatic carbocycles. The molecule has 1 aromatic carbocycles. The summed E-state index contributed by atoms with van der Waals surface area (Å²) in [5.41, 5.74) is 5.70. The number of piperidine rings is 1. The number of rotatable bonds is 4. The summed E-state index contributed by atoms with van der Waals surface area (Å²) < 4.78 is 18.9. The summed E-state index contributed by atoms with van der Waals surface area (Å²) >= 11 is 0. The molecule has 25 heavy (non-hydrogen) atoms. The van der Waals surface area contributed by atoms with E-state index in [2.05, 4.69) is 5.10 Å². The molecule has 0 atom stereocenters. The molecule has 0 bridgehead atoms. The molecule has 1 fully saturated rings. The molecule has 0 saturated carbocycles. The van der Waals surface area contributed by atoms with Gasteiger partial charge in [-0.15, -0.1) is 5.10 Å². The van der Waals surface area contributed by atoms with Crippen molar-refractivity contribution in [3.05, 3.63) is 40.6 Å². The Hall–Kier alpha value is -2.97. The molecule has 1 saturated heterocycles. The average molecular weight is 348 g/mol. The fraction of sp³-hybridized carbons (Fsp3) is 0.375. The molecule has 1 aliphatic heterocycles. The maximum atomic E-state index is 12.9. The van der Waals surface area contributed by atoms with Gasteiger partial charge in [0.25, 0.3) is 0 Å². The third-order valence-electron chi connectivity index (χ3n) is 4.23. The number of aromatic nitrogens is 2. The van der Waals surface area contributed by atoms with Crippen LogP contribution in [0.15, 0.2) is 33.5 Å². The molecular weight excluding hydrogens is 331 g/mol. The minimum absolute atomic E-state index is 0.0187. The van der Waals surface area contributed by atoms with Crippen LogP contribution < -0.4 is 11.5 Å². The van der Waals surface area contributed by atoms with E-state index in [0.29, 0.717) is 31.5 Å².